The van der Waals surface area contributed by atoms with E-state index in [1.54, 1.807) is 6.26 Å². The number of rotatable bonds is 4. The molecule has 2 aromatic heterocycles. The van der Waals surface area contributed by atoms with E-state index >= 15 is 0 Å². The number of H-pyrrole nitrogens is 1. The third kappa shape index (κ3) is 2.75. The second kappa shape index (κ2) is 5.64. The molecular weight excluding hydrogens is 264 g/mol. The highest BCUT2D eigenvalue weighted by atomic mass is 32.2. The Bertz CT molecular complexity index is 569. The Morgan fingerprint density at radius 1 is 1.42 bits per heavy atom. The minimum Gasteiger partial charge on any atom is -0.364 e. The topological polar surface area (TPSA) is 76.7 Å². The molecule has 0 unspecified atom stereocenters. The smallest absolute Gasteiger partial charge is 0.344 e. The van der Waals surface area contributed by atoms with Crippen LogP contribution in [0, 0.1) is 0 Å². The molecule has 0 spiro atoms. The van der Waals surface area contributed by atoms with Crippen LogP contribution in [0.1, 0.15) is 43.8 Å². The van der Waals surface area contributed by atoms with Gasteiger partial charge >= 0.3 is 5.69 Å². The molecule has 1 saturated carbocycles. The quantitative estimate of drug-likeness (QED) is 0.870. The first-order chi connectivity index (χ1) is 9.34. The third-order valence-electron chi connectivity index (χ3n) is 3.45. The summed E-state index contributed by atoms with van der Waals surface area (Å²) in [6.45, 7) is 0. The van der Waals surface area contributed by atoms with Crippen molar-refractivity contribution in [1.29, 1.82) is 0 Å². The highest BCUT2D eigenvalue weighted by Crippen LogP contribution is 2.30. The fraction of sp³-hybridized carbons (Fsp3) is 0.583. The first-order valence-electron chi connectivity index (χ1n) is 6.53. The highest BCUT2D eigenvalue weighted by molar-refractivity contribution is 7.98. The summed E-state index contributed by atoms with van der Waals surface area (Å²) in [5.41, 5.74) is 0.755. The molecule has 2 heterocycles. The van der Waals surface area contributed by atoms with Gasteiger partial charge in [-0.15, -0.1) is 5.10 Å². The van der Waals surface area contributed by atoms with Gasteiger partial charge in [-0.05, 0) is 12.8 Å². The van der Waals surface area contributed by atoms with Gasteiger partial charge in [0, 0.05) is 17.9 Å². The van der Waals surface area contributed by atoms with Gasteiger partial charge in [0.1, 0.15) is 6.26 Å². The van der Waals surface area contributed by atoms with E-state index in [-0.39, 0.29) is 5.69 Å². The zero-order valence-electron chi connectivity index (χ0n) is 10.5. The summed E-state index contributed by atoms with van der Waals surface area (Å²) in [5, 5.41) is 11.3. The van der Waals surface area contributed by atoms with Crippen molar-refractivity contribution in [1.82, 2.24) is 19.9 Å². The average molecular weight is 280 g/mol. The molecule has 0 saturated heterocycles. The van der Waals surface area contributed by atoms with E-state index in [0.29, 0.717) is 11.8 Å². The summed E-state index contributed by atoms with van der Waals surface area (Å²) in [7, 11) is 0. The first-order valence-corrected chi connectivity index (χ1v) is 7.52. The summed E-state index contributed by atoms with van der Waals surface area (Å²) in [6, 6.07) is 2.11. The molecule has 1 aliphatic carbocycles. The standard InChI is InChI=1S/C12H16N4O2S/c17-11-13-14-12(19-8-9-6-7-18-15-9)16(11)10-4-2-1-3-5-10/h6-7,10H,1-5,8H2,(H,13,17). The maximum absolute atomic E-state index is 11.9. The van der Waals surface area contributed by atoms with Crippen molar-refractivity contribution in [2.24, 2.45) is 0 Å². The maximum atomic E-state index is 11.9. The highest BCUT2D eigenvalue weighted by Gasteiger charge is 2.21. The van der Waals surface area contributed by atoms with E-state index in [4.69, 9.17) is 4.52 Å². The summed E-state index contributed by atoms with van der Waals surface area (Å²) in [4.78, 5) is 11.9. The number of aromatic amines is 1. The van der Waals surface area contributed by atoms with Gasteiger partial charge in [-0.1, -0.05) is 36.2 Å². The van der Waals surface area contributed by atoms with E-state index in [0.717, 1.165) is 23.7 Å². The molecule has 1 N–H and O–H groups in total. The number of nitrogens with zero attached hydrogens (tertiary/aromatic N) is 3. The van der Waals surface area contributed by atoms with Crippen LogP contribution in [0.4, 0.5) is 0 Å². The molecular formula is C12H16N4O2S. The summed E-state index contributed by atoms with van der Waals surface area (Å²) in [6.07, 6.45) is 7.33. The lowest BCUT2D eigenvalue weighted by Crippen LogP contribution is -2.24. The van der Waals surface area contributed by atoms with Crippen LogP contribution in [-0.4, -0.2) is 19.9 Å². The van der Waals surface area contributed by atoms with Crippen LogP contribution >= 0.6 is 11.8 Å². The molecule has 2 aromatic rings. The Morgan fingerprint density at radius 2 is 2.26 bits per heavy atom. The summed E-state index contributed by atoms with van der Waals surface area (Å²) in [5.74, 6) is 0.660. The van der Waals surface area contributed by atoms with Gasteiger partial charge in [0.05, 0.1) is 5.69 Å². The van der Waals surface area contributed by atoms with Crippen molar-refractivity contribution < 1.29 is 4.52 Å². The molecule has 0 bridgehead atoms. The van der Waals surface area contributed by atoms with Crippen LogP contribution in [0.3, 0.4) is 0 Å². The van der Waals surface area contributed by atoms with Gasteiger partial charge in [0.25, 0.3) is 0 Å². The number of thioether (sulfide) groups is 1. The zero-order chi connectivity index (χ0) is 13.1. The third-order valence-corrected chi connectivity index (χ3v) is 4.44. The molecule has 7 heteroatoms. The molecule has 0 amide bonds. The Kier molecular flexibility index (Phi) is 3.72. The average Bonchev–Trinajstić information content (AvgIpc) is 3.07. The van der Waals surface area contributed by atoms with Crippen LogP contribution < -0.4 is 5.69 Å². The molecule has 102 valence electrons. The molecule has 6 nitrogen and oxygen atoms in total. The number of aromatic nitrogens is 4. The molecule has 3 rings (SSSR count). The van der Waals surface area contributed by atoms with Crippen molar-refractivity contribution in [2.45, 2.75) is 49.1 Å². The van der Waals surface area contributed by atoms with Crippen molar-refractivity contribution in [3.8, 4) is 0 Å². The predicted octanol–water partition coefficient (Wildman–Crippen LogP) is 2.36. The second-order valence-corrected chi connectivity index (χ2v) is 5.70. The molecule has 1 fully saturated rings. The van der Waals surface area contributed by atoms with E-state index in [1.165, 1.54) is 31.0 Å². The molecule has 1 aliphatic rings. The Labute approximate surface area is 114 Å². The lowest BCUT2D eigenvalue weighted by atomic mass is 9.95. The van der Waals surface area contributed by atoms with Crippen molar-refractivity contribution >= 4 is 11.8 Å². The number of hydrogen-bond donors (Lipinski definition) is 1. The zero-order valence-corrected chi connectivity index (χ0v) is 11.4. The molecule has 0 aliphatic heterocycles. The number of hydrogen-bond acceptors (Lipinski definition) is 5. The number of nitrogens with one attached hydrogen (secondary N) is 1. The molecule has 0 aromatic carbocycles. The van der Waals surface area contributed by atoms with Crippen molar-refractivity contribution in [3.05, 3.63) is 28.5 Å². The fourth-order valence-electron chi connectivity index (χ4n) is 2.50. The summed E-state index contributed by atoms with van der Waals surface area (Å²) < 4.78 is 6.60. The van der Waals surface area contributed by atoms with Crippen LogP contribution in [0.5, 0.6) is 0 Å². The Morgan fingerprint density at radius 3 is 3.00 bits per heavy atom. The largest absolute Gasteiger partial charge is 0.364 e. The molecule has 0 radical (unpaired) electrons. The maximum Gasteiger partial charge on any atom is 0.344 e. The lowest BCUT2D eigenvalue weighted by molar-refractivity contribution is 0.330. The van der Waals surface area contributed by atoms with E-state index in [9.17, 15) is 4.79 Å². The van der Waals surface area contributed by atoms with Crippen LogP contribution in [0.15, 0.2) is 26.8 Å². The van der Waals surface area contributed by atoms with Crippen LogP contribution in [0.25, 0.3) is 0 Å². The van der Waals surface area contributed by atoms with Crippen molar-refractivity contribution in [2.75, 3.05) is 0 Å². The SMILES string of the molecule is O=c1[nH]nc(SCc2ccon2)n1C1CCCCC1. The lowest BCUT2D eigenvalue weighted by Gasteiger charge is -2.22. The predicted molar refractivity (Wildman–Crippen MR) is 71.0 cm³/mol. The Hall–Kier alpha value is -1.50. The first kappa shape index (κ1) is 12.5. The monoisotopic (exact) mass is 280 g/mol. The van der Waals surface area contributed by atoms with E-state index in [2.05, 4.69) is 15.4 Å². The minimum atomic E-state index is -0.102. The minimum absolute atomic E-state index is 0.102. The van der Waals surface area contributed by atoms with E-state index < -0.39 is 0 Å². The van der Waals surface area contributed by atoms with Gasteiger partial charge in [-0.3, -0.25) is 4.57 Å². The second-order valence-electron chi connectivity index (χ2n) is 4.75. The van der Waals surface area contributed by atoms with Crippen molar-refractivity contribution in [3.63, 3.8) is 0 Å². The van der Waals surface area contributed by atoms with Gasteiger partial charge in [0.2, 0.25) is 0 Å². The van der Waals surface area contributed by atoms with Crippen LogP contribution in [0.2, 0.25) is 0 Å². The van der Waals surface area contributed by atoms with Gasteiger partial charge in [0.15, 0.2) is 5.16 Å². The van der Waals surface area contributed by atoms with Gasteiger partial charge in [-0.25, -0.2) is 9.89 Å². The Balaban J connectivity index is 1.76. The van der Waals surface area contributed by atoms with E-state index in [1.807, 2.05) is 10.6 Å². The molecule has 0 atom stereocenters. The fourth-order valence-corrected chi connectivity index (χ4v) is 3.41. The van der Waals surface area contributed by atoms with Crippen LogP contribution in [-0.2, 0) is 5.75 Å². The van der Waals surface area contributed by atoms with Gasteiger partial charge in [-0.2, -0.15) is 0 Å². The van der Waals surface area contributed by atoms with Gasteiger partial charge < -0.3 is 4.52 Å². The summed E-state index contributed by atoms with van der Waals surface area (Å²) >= 11 is 1.52. The normalized spacial score (nSPS) is 16.8. The molecule has 19 heavy (non-hydrogen) atoms.